The van der Waals surface area contributed by atoms with Crippen LogP contribution < -0.4 is 4.90 Å². The molecule has 2 heterocycles. The van der Waals surface area contributed by atoms with Crippen LogP contribution in [0.3, 0.4) is 0 Å². The Morgan fingerprint density at radius 1 is 1.42 bits per heavy atom. The van der Waals surface area contributed by atoms with Gasteiger partial charge in [-0.2, -0.15) is 0 Å². The average Bonchev–Trinajstić information content (AvgIpc) is 2.73. The molecule has 0 bridgehead atoms. The van der Waals surface area contributed by atoms with E-state index >= 15 is 0 Å². The van der Waals surface area contributed by atoms with Gasteiger partial charge in [0.1, 0.15) is 5.82 Å². The van der Waals surface area contributed by atoms with Gasteiger partial charge in [-0.3, -0.25) is 5.41 Å². The van der Waals surface area contributed by atoms with Crippen molar-refractivity contribution >= 4 is 44.1 Å². The molecule has 2 saturated heterocycles. The molecule has 3 rings (SSSR count). The summed E-state index contributed by atoms with van der Waals surface area (Å²) in [4.78, 5) is 1.63. The van der Waals surface area contributed by atoms with E-state index in [1.165, 1.54) is 30.0 Å². The first-order valence-electron chi connectivity index (χ1n) is 5.57. The Hall–Kier alpha value is -0.790. The van der Waals surface area contributed by atoms with Crippen LogP contribution in [0.2, 0.25) is 5.02 Å². The molecule has 1 aromatic rings. The molecule has 2 fully saturated rings. The molecular formula is C11H10ClFN2O2S2. The van der Waals surface area contributed by atoms with E-state index in [1.54, 1.807) is 4.90 Å². The highest BCUT2D eigenvalue weighted by Crippen LogP contribution is 2.40. The third-order valence-corrected chi connectivity index (χ3v) is 6.69. The molecule has 1 N–H and O–H groups in total. The maximum absolute atomic E-state index is 13.2. The lowest BCUT2D eigenvalue weighted by molar-refractivity contribution is 0.601. The van der Waals surface area contributed by atoms with E-state index in [2.05, 4.69) is 0 Å². The molecule has 0 spiro atoms. The Morgan fingerprint density at radius 2 is 2.16 bits per heavy atom. The van der Waals surface area contributed by atoms with Crippen molar-refractivity contribution in [3.8, 4) is 0 Å². The van der Waals surface area contributed by atoms with Gasteiger partial charge in [-0.05, 0) is 18.2 Å². The zero-order valence-electron chi connectivity index (χ0n) is 9.64. The molecule has 0 radical (unpaired) electrons. The Labute approximate surface area is 119 Å². The summed E-state index contributed by atoms with van der Waals surface area (Å²) in [5.74, 6) is -0.405. The van der Waals surface area contributed by atoms with Crippen LogP contribution in [0.5, 0.6) is 0 Å². The molecule has 1 aromatic carbocycles. The maximum Gasteiger partial charge on any atom is 0.161 e. The molecule has 0 aromatic heterocycles. The van der Waals surface area contributed by atoms with Crippen molar-refractivity contribution in [2.24, 2.45) is 0 Å². The predicted octanol–water partition coefficient (Wildman–Crippen LogP) is 2.13. The van der Waals surface area contributed by atoms with Gasteiger partial charge in [0.15, 0.2) is 15.0 Å². The summed E-state index contributed by atoms with van der Waals surface area (Å²) in [7, 11) is -3.05. The van der Waals surface area contributed by atoms with Gasteiger partial charge in [0, 0.05) is 10.9 Å². The molecule has 2 unspecified atom stereocenters. The van der Waals surface area contributed by atoms with Gasteiger partial charge < -0.3 is 4.90 Å². The maximum atomic E-state index is 13.2. The minimum absolute atomic E-state index is 0.0281. The van der Waals surface area contributed by atoms with E-state index in [0.29, 0.717) is 5.69 Å². The largest absolute Gasteiger partial charge is 0.316 e. The Balaban J connectivity index is 1.99. The van der Waals surface area contributed by atoms with Crippen LogP contribution >= 0.6 is 23.4 Å². The van der Waals surface area contributed by atoms with Crippen molar-refractivity contribution in [2.45, 2.75) is 11.3 Å². The van der Waals surface area contributed by atoms with Gasteiger partial charge in [0.25, 0.3) is 0 Å². The molecule has 0 aliphatic carbocycles. The summed E-state index contributed by atoms with van der Waals surface area (Å²) in [6, 6.07) is 3.92. The second-order valence-corrected chi connectivity index (χ2v) is 8.36. The van der Waals surface area contributed by atoms with E-state index in [-0.39, 0.29) is 33.0 Å². The SMILES string of the molecule is N=C1SC2CS(=O)(=O)CC2N1c1ccc(F)c(Cl)c1. The topological polar surface area (TPSA) is 61.2 Å². The normalized spacial score (nSPS) is 28.7. The van der Waals surface area contributed by atoms with Crippen molar-refractivity contribution in [3.63, 3.8) is 0 Å². The van der Waals surface area contributed by atoms with E-state index in [1.807, 2.05) is 0 Å². The Morgan fingerprint density at radius 3 is 2.84 bits per heavy atom. The van der Waals surface area contributed by atoms with Crippen LogP contribution in [-0.4, -0.2) is 36.4 Å². The summed E-state index contributed by atoms with van der Waals surface area (Å²) in [5.41, 5.74) is 0.563. The monoisotopic (exact) mass is 320 g/mol. The number of hydrogen-bond acceptors (Lipinski definition) is 4. The number of nitrogens with one attached hydrogen (secondary N) is 1. The van der Waals surface area contributed by atoms with Crippen molar-refractivity contribution in [2.75, 3.05) is 16.4 Å². The Kier molecular flexibility index (Phi) is 3.03. The number of fused-ring (bicyclic) bond motifs is 1. The Bertz CT molecular complexity index is 665. The molecule has 2 aliphatic heterocycles. The zero-order chi connectivity index (χ0) is 13.8. The second kappa shape index (κ2) is 4.36. The minimum atomic E-state index is -3.05. The lowest BCUT2D eigenvalue weighted by atomic mass is 10.2. The first kappa shape index (κ1) is 13.2. The highest BCUT2D eigenvalue weighted by molar-refractivity contribution is 8.15. The van der Waals surface area contributed by atoms with Crippen LogP contribution in [0.15, 0.2) is 18.2 Å². The van der Waals surface area contributed by atoms with Crippen LogP contribution in [0, 0.1) is 11.2 Å². The molecule has 4 nitrogen and oxygen atoms in total. The third kappa shape index (κ3) is 2.23. The number of nitrogens with zero attached hydrogens (tertiary/aromatic N) is 1. The summed E-state index contributed by atoms with van der Waals surface area (Å²) in [5, 5.41) is 8.09. The van der Waals surface area contributed by atoms with Gasteiger partial charge in [-0.25, -0.2) is 12.8 Å². The van der Waals surface area contributed by atoms with Gasteiger partial charge >= 0.3 is 0 Å². The standard InChI is InChI=1S/C11H10ClFN2O2S2/c12-7-3-6(1-2-8(7)13)15-9-4-19(16,17)5-10(9)18-11(15)14/h1-3,9-10,14H,4-5H2. The van der Waals surface area contributed by atoms with E-state index < -0.39 is 15.7 Å². The second-order valence-electron chi connectivity index (χ2n) is 4.57. The lowest BCUT2D eigenvalue weighted by Gasteiger charge is -2.24. The summed E-state index contributed by atoms with van der Waals surface area (Å²) < 4.78 is 36.5. The molecular weight excluding hydrogens is 311 g/mol. The minimum Gasteiger partial charge on any atom is -0.316 e. The number of hydrogen-bond donors (Lipinski definition) is 1. The van der Waals surface area contributed by atoms with Gasteiger partial charge in [-0.1, -0.05) is 23.4 Å². The number of benzene rings is 1. The van der Waals surface area contributed by atoms with E-state index in [4.69, 9.17) is 17.0 Å². The fourth-order valence-electron chi connectivity index (χ4n) is 2.44. The smallest absolute Gasteiger partial charge is 0.161 e. The number of thioether (sulfide) groups is 1. The fourth-order valence-corrected chi connectivity index (χ4v) is 6.41. The lowest BCUT2D eigenvalue weighted by Crippen LogP contribution is -2.37. The van der Waals surface area contributed by atoms with E-state index in [9.17, 15) is 12.8 Å². The third-order valence-electron chi connectivity index (χ3n) is 3.27. The van der Waals surface area contributed by atoms with Crippen molar-refractivity contribution in [3.05, 3.63) is 29.0 Å². The summed E-state index contributed by atoms with van der Waals surface area (Å²) >= 11 is 6.99. The molecule has 2 aliphatic rings. The highest BCUT2D eigenvalue weighted by Gasteiger charge is 2.48. The zero-order valence-corrected chi connectivity index (χ0v) is 12.0. The molecule has 8 heteroatoms. The van der Waals surface area contributed by atoms with Crippen LogP contribution in [-0.2, 0) is 9.84 Å². The van der Waals surface area contributed by atoms with Gasteiger partial charge in [-0.15, -0.1) is 0 Å². The van der Waals surface area contributed by atoms with E-state index in [0.717, 1.165) is 0 Å². The number of sulfone groups is 1. The average molecular weight is 321 g/mol. The summed E-state index contributed by atoms with van der Waals surface area (Å²) in [6.45, 7) is 0. The first-order chi connectivity index (χ1) is 8.87. The van der Waals surface area contributed by atoms with Crippen LogP contribution in [0.25, 0.3) is 0 Å². The molecule has 102 valence electrons. The molecule has 2 atom stereocenters. The quantitative estimate of drug-likeness (QED) is 0.861. The van der Waals surface area contributed by atoms with Gasteiger partial charge in [0.05, 0.1) is 22.6 Å². The number of rotatable bonds is 1. The molecule has 0 amide bonds. The molecule has 19 heavy (non-hydrogen) atoms. The van der Waals surface area contributed by atoms with Crippen molar-refractivity contribution in [1.29, 1.82) is 5.41 Å². The van der Waals surface area contributed by atoms with Gasteiger partial charge in [0.2, 0.25) is 0 Å². The fraction of sp³-hybridized carbons (Fsp3) is 0.364. The first-order valence-corrected chi connectivity index (χ1v) is 8.65. The predicted molar refractivity (Wildman–Crippen MR) is 75.4 cm³/mol. The number of halogens is 2. The highest BCUT2D eigenvalue weighted by atomic mass is 35.5. The van der Waals surface area contributed by atoms with Crippen molar-refractivity contribution in [1.82, 2.24) is 0 Å². The number of anilines is 1. The molecule has 0 saturated carbocycles. The number of amidine groups is 1. The summed E-state index contributed by atoms with van der Waals surface area (Å²) in [6.07, 6.45) is 0. The van der Waals surface area contributed by atoms with Crippen LogP contribution in [0.1, 0.15) is 0 Å². The van der Waals surface area contributed by atoms with Crippen LogP contribution in [0.4, 0.5) is 10.1 Å². The van der Waals surface area contributed by atoms with Crippen molar-refractivity contribution < 1.29 is 12.8 Å².